The van der Waals surface area contributed by atoms with Crippen LogP contribution in [0.4, 0.5) is 0 Å². The van der Waals surface area contributed by atoms with E-state index in [9.17, 15) is 9.90 Å². The first-order valence-electron chi connectivity index (χ1n) is 9.40. The number of nitrogens with zero attached hydrogens (tertiary/aromatic N) is 1. The topological polar surface area (TPSA) is 77.0 Å². The standard InChI is InChI=1S/C10H20O6.C9H18N/c1-13-4-5-15-8-9-16-7-6-14-3-2-10(11)12;1-3-7-10(2)8-5-4-6-9-10/h2-9H2,1H3,(H,11,12);3H,1,4-9H2,2H3/q;+1/p-1. The number of carboxylic acids is 1. The lowest BCUT2D eigenvalue weighted by Crippen LogP contribution is -2.47. The van der Waals surface area contributed by atoms with Gasteiger partial charge in [-0.15, -0.1) is 0 Å². The molecule has 0 saturated carbocycles. The van der Waals surface area contributed by atoms with E-state index in [1.807, 2.05) is 6.08 Å². The Balaban J connectivity index is 0.000000531. The zero-order valence-corrected chi connectivity index (χ0v) is 16.6. The molecule has 0 aromatic carbocycles. The van der Waals surface area contributed by atoms with Crippen molar-refractivity contribution in [2.45, 2.75) is 25.7 Å². The molecule has 7 heteroatoms. The predicted octanol–water partition coefficient (Wildman–Crippen LogP) is 0.626. The molecule has 7 nitrogen and oxygen atoms in total. The molecule has 0 spiro atoms. The Bertz CT molecular complexity index is 345. The molecule has 1 saturated heterocycles. The lowest BCUT2D eigenvalue weighted by Gasteiger charge is -2.36. The van der Waals surface area contributed by atoms with Crippen LogP contribution < -0.4 is 5.11 Å². The van der Waals surface area contributed by atoms with Crippen molar-refractivity contribution in [1.82, 2.24) is 0 Å². The normalized spacial score (nSPS) is 15.8. The average molecular weight is 376 g/mol. The van der Waals surface area contributed by atoms with E-state index >= 15 is 0 Å². The van der Waals surface area contributed by atoms with Gasteiger partial charge in [0.25, 0.3) is 0 Å². The number of carbonyl (C=O) groups excluding carboxylic acids is 1. The highest BCUT2D eigenvalue weighted by Crippen LogP contribution is 2.15. The van der Waals surface area contributed by atoms with Crippen molar-refractivity contribution in [3.8, 4) is 0 Å². The SMILES string of the molecule is C=CC[N+]1(C)CCCCC1.COCCOCCOCCOCCC(=O)[O-]. The minimum absolute atomic E-state index is 0.0832. The van der Waals surface area contributed by atoms with Crippen LogP contribution in [-0.4, -0.2) is 90.5 Å². The van der Waals surface area contributed by atoms with Gasteiger partial charge in [-0.3, -0.25) is 0 Å². The molecule has 0 aromatic heterocycles. The van der Waals surface area contributed by atoms with Gasteiger partial charge >= 0.3 is 0 Å². The molecule has 0 N–H and O–H groups in total. The van der Waals surface area contributed by atoms with Crippen molar-refractivity contribution >= 4 is 5.97 Å². The molecule has 0 radical (unpaired) electrons. The number of methoxy groups -OCH3 is 1. The Morgan fingerprint density at radius 3 is 1.92 bits per heavy atom. The van der Waals surface area contributed by atoms with Crippen molar-refractivity contribution in [3.05, 3.63) is 12.7 Å². The Morgan fingerprint density at radius 2 is 1.46 bits per heavy atom. The summed E-state index contributed by atoms with van der Waals surface area (Å²) >= 11 is 0. The molecule has 1 rings (SSSR count). The predicted molar refractivity (Wildman–Crippen MR) is 98.8 cm³/mol. The number of carbonyl (C=O) groups is 1. The second-order valence-electron chi connectivity index (χ2n) is 6.55. The molecular weight excluding hydrogens is 338 g/mol. The number of hydrogen-bond acceptors (Lipinski definition) is 6. The summed E-state index contributed by atoms with van der Waals surface area (Å²) < 4.78 is 21.3. The highest BCUT2D eigenvalue weighted by atomic mass is 16.6. The number of ether oxygens (including phenoxy) is 4. The van der Waals surface area contributed by atoms with E-state index in [1.165, 1.54) is 36.8 Å². The van der Waals surface area contributed by atoms with Gasteiger partial charge in [-0.2, -0.15) is 0 Å². The zero-order chi connectivity index (χ0) is 19.5. The zero-order valence-electron chi connectivity index (χ0n) is 16.6. The third kappa shape index (κ3) is 16.5. The summed E-state index contributed by atoms with van der Waals surface area (Å²) in [4.78, 5) is 10.0. The summed E-state index contributed by atoms with van der Waals surface area (Å²) in [6.07, 6.45) is 6.21. The maximum Gasteiger partial charge on any atom is 0.0969 e. The van der Waals surface area contributed by atoms with Crippen LogP contribution in [0, 0.1) is 0 Å². The molecule has 0 aromatic rings. The first-order valence-corrected chi connectivity index (χ1v) is 9.40. The van der Waals surface area contributed by atoms with Crippen LogP contribution in [0.3, 0.4) is 0 Å². The van der Waals surface area contributed by atoms with Gasteiger partial charge in [-0.05, 0) is 25.3 Å². The van der Waals surface area contributed by atoms with E-state index in [4.69, 9.17) is 18.9 Å². The fourth-order valence-corrected chi connectivity index (χ4v) is 2.61. The van der Waals surface area contributed by atoms with Crippen molar-refractivity contribution in [3.63, 3.8) is 0 Å². The molecule has 1 aliphatic rings. The highest BCUT2D eigenvalue weighted by molar-refractivity contribution is 5.64. The molecule has 1 fully saturated rings. The van der Waals surface area contributed by atoms with Crippen LogP contribution >= 0.6 is 0 Å². The molecule has 0 aliphatic carbocycles. The maximum atomic E-state index is 10.0. The van der Waals surface area contributed by atoms with Gasteiger partial charge in [0.2, 0.25) is 0 Å². The molecule has 1 aliphatic heterocycles. The summed E-state index contributed by atoms with van der Waals surface area (Å²) in [6.45, 7) is 10.8. The van der Waals surface area contributed by atoms with Crippen molar-refractivity contribution in [2.75, 3.05) is 80.0 Å². The summed E-state index contributed by atoms with van der Waals surface area (Å²) in [5.74, 6) is -1.10. The van der Waals surface area contributed by atoms with Crippen LogP contribution in [0.2, 0.25) is 0 Å². The molecule has 0 atom stereocenters. The fourth-order valence-electron chi connectivity index (χ4n) is 2.61. The average Bonchev–Trinajstić information content (AvgIpc) is 2.60. The van der Waals surface area contributed by atoms with Crippen molar-refractivity contribution < 1.29 is 33.3 Å². The third-order valence-corrected chi connectivity index (χ3v) is 4.09. The number of aliphatic carboxylic acids is 1. The molecule has 0 bridgehead atoms. The van der Waals surface area contributed by atoms with Gasteiger partial charge in [0, 0.05) is 19.5 Å². The van der Waals surface area contributed by atoms with Crippen molar-refractivity contribution in [1.29, 1.82) is 0 Å². The van der Waals surface area contributed by atoms with Gasteiger partial charge in [0.05, 0.1) is 72.9 Å². The van der Waals surface area contributed by atoms with E-state index in [-0.39, 0.29) is 13.0 Å². The van der Waals surface area contributed by atoms with E-state index < -0.39 is 5.97 Å². The van der Waals surface area contributed by atoms with Gasteiger partial charge in [-0.25, -0.2) is 0 Å². The Hall–Kier alpha value is -0.990. The first kappa shape index (κ1) is 25.0. The summed E-state index contributed by atoms with van der Waals surface area (Å²) in [7, 11) is 3.95. The summed E-state index contributed by atoms with van der Waals surface area (Å²) in [5, 5.41) is 10.0. The van der Waals surface area contributed by atoms with E-state index in [2.05, 4.69) is 13.6 Å². The number of carboxylic acid groups (broad SMARTS) is 1. The minimum atomic E-state index is -1.10. The molecule has 26 heavy (non-hydrogen) atoms. The Morgan fingerprint density at radius 1 is 0.962 bits per heavy atom. The number of likely N-dealkylation sites (N-methyl/N-ethyl adjacent to an activating group) is 1. The minimum Gasteiger partial charge on any atom is -0.550 e. The second-order valence-corrected chi connectivity index (χ2v) is 6.55. The maximum absolute atomic E-state index is 10.0. The molecule has 0 amide bonds. The lowest BCUT2D eigenvalue weighted by atomic mass is 10.1. The van der Waals surface area contributed by atoms with E-state index in [1.54, 1.807) is 7.11 Å². The molecule has 1 heterocycles. The van der Waals surface area contributed by atoms with E-state index in [0.717, 1.165) is 6.54 Å². The quantitative estimate of drug-likeness (QED) is 0.252. The Labute approximate surface area is 158 Å². The van der Waals surface area contributed by atoms with Crippen LogP contribution in [0.5, 0.6) is 0 Å². The summed E-state index contributed by atoms with van der Waals surface area (Å²) in [6, 6.07) is 0. The number of likely N-dealkylation sites (tertiary alicyclic amines) is 1. The van der Waals surface area contributed by atoms with Crippen LogP contribution in [-0.2, 0) is 23.7 Å². The van der Waals surface area contributed by atoms with Crippen molar-refractivity contribution in [2.24, 2.45) is 0 Å². The molecule has 154 valence electrons. The highest BCUT2D eigenvalue weighted by Gasteiger charge is 2.22. The Kier molecular flexibility index (Phi) is 16.8. The monoisotopic (exact) mass is 375 g/mol. The number of hydrogen-bond donors (Lipinski definition) is 0. The fraction of sp³-hybridized carbons (Fsp3) is 0.842. The third-order valence-electron chi connectivity index (χ3n) is 4.09. The smallest absolute Gasteiger partial charge is 0.0969 e. The first-order chi connectivity index (χ1) is 12.5. The summed E-state index contributed by atoms with van der Waals surface area (Å²) in [5.41, 5.74) is 0. The molecule has 0 unspecified atom stereocenters. The van der Waals surface area contributed by atoms with Crippen LogP contribution in [0.25, 0.3) is 0 Å². The van der Waals surface area contributed by atoms with E-state index in [0.29, 0.717) is 39.6 Å². The van der Waals surface area contributed by atoms with Gasteiger partial charge in [-0.1, -0.05) is 6.58 Å². The number of piperidine rings is 1. The van der Waals surface area contributed by atoms with Gasteiger partial charge < -0.3 is 33.3 Å². The lowest BCUT2D eigenvalue weighted by molar-refractivity contribution is -0.908. The van der Waals surface area contributed by atoms with Gasteiger partial charge in [0.15, 0.2) is 0 Å². The van der Waals surface area contributed by atoms with Crippen LogP contribution in [0.15, 0.2) is 12.7 Å². The number of quaternary nitrogens is 1. The van der Waals surface area contributed by atoms with Crippen LogP contribution in [0.1, 0.15) is 25.7 Å². The largest absolute Gasteiger partial charge is 0.550 e. The molecular formula is C19H37NO6. The number of rotatable bonds is 14. The second kappa shape index (κ2) is 17.4. The van der Waals surface area contributed by atoms with Gasteiger partial charge in [0.1, 0.15) is 0 Å².